The van der Waals surface area contributed by atoms with Gasteiger partial charge < -0.3 is 29.7 Å². The zero-order chi connectivity index (χ0) is 44.6. The van der Waals surface area contributed by atoms with Gasteiger partial charge in [0.1, 0.15) is 5.60 Å². The lowest BCUT2D eigenvalue weighted by Crippen LogP contribution is -2.62. The van der Waals surface area contributed by atoms with Crippen LogP contribution in [0.2, 0.25) is 0 Å². The molecule has 8 heteroatoms. The van der Waals surface area contributed by atoms with Crippen molar-refractivity contribution in [3.05, 3.63) is 52.6 Å². The Labute approximate surface area is 378 Å². The maximum atomic E-state index is 12.5. The summed E-state index contributed by atoms with van der Waals surface area (Å²) < 4.78 is 11.6. The SMILES string of the molecule is CC#C[C@]1(O)CC[C@H]2[C@@H]3CCC4=CC(=O)CCC4=C3[C@@H](c3ccc(N(C)CCO[C@H]4CC[C@@]5(C)[C@@H](C4)C[C@@H](O)[C@@H]4[C@@H]5C[C@H](O)[C@]5(C)[C@@H](C(C)CCC(=O)OC)CC[C@@H]45)cc3)C[C@@]21C. The first-order valence-corrected chi connectivity index (χ1v) is 25.0. The molecular formula is C55H77NO7. The van der Waals surface area contributed by atoms with Gasteiger partial charge in [0, 0.05) is 43.5 Å². The van der Waals surface area contributed by atoms with Crippen molar-refractivity contribution in [1.29, 1.82) is 0 Å². The number of carbonyl (C=O) groups excluding carboxylic acids is 2. The number of ether oxygens (including phenoxy) is 2. The van der Waals surface area contributed by atoms with Crippen molar-refractivity contribution in [3.8, 4) is 11.8 Å². The Morgan fingerprint density at radius 3 is 2.48 bits per heavy atom. The molecule has 6 saturated carbocycles. The number of carbonyl (C=O) groups is 2. The van der Waals surface area contributed by atoms with Crippen LogP contribution in [0, 0.1) is 75.4 Å². The zero-order valence-corrected chi connectivity index (χ0v) is 39.5. The van der Waals surface area contributed by atoms with E-state index in [0.717, 1.165) is 102 Å². The number of likely N-dealkylation sites (N-methyl/N-ethyl adjacent to an activating group) is 1. The number of nitrogens with zero attached hydrogens (tertiary/aromatic N) is 1. The van der Waals surface area contributed by atoms with Crippen molar-refractivity contribution in [1.82, 2.24) is 0 Å². The number of hydrogen-bond donors (Lipinski definition) is 3. The number of aliphatic hydroxyl groups is 3. The lowest BCUT2D eigenvalue weighted by molar-refractivity contribution is -0.209. The van der Waals surface area contributed by atoms with Crippen molar-refractivity contribution in [2.45, 2.75) is 167 Å². The molecule has 8 aliphatic carbocycles. The van der Waals surface area contributed by atoms with Crippen LogP contribution in [0.5, 0.6) is 0 Å². The van der Waals surface area contributed by atoms with Gasteiger partial charge in [0.05, 0.1) is 32.0 Å². The molecule has 1 aromatic rings. The van der Waals surface area contributed by atoms with Crippen LogP contribution < -0.4 is 4.90 Å². The summed E-state index contributed by atoms with van der Waals surface area (Å²) in [6.45, 7) is 12.6. The van der Waals surface area contributed by atoms with Crippen molar-refractivity contribution >= 4 is 17.4 Å². The highest BCUT2D eigenvalue weighted by molar-refractivity contribution is 5.93. The molecule has 6 fully saturated rings. The van der Waals surface area contributed by atoms with Crippen LogP contribution in [0.1, 0.15) is 149 Å². The summed E-state index contributed by atoms with van der Waals surface area (Å²) in [7, 11) is 3.60. The number of aliphatic hydroxyl groups excluding tert-OH is 2. The fourth-order valence-electron chi connectivity index (χ4n) is 16.7. The summed E-state index contributed by atoms with van der Waals surface area (Å²) in [4.78, 5) is 26.8. The monoisotopic (exact) mass is 864 g/mol. The maximum absolute atomic E-state index is 12.5. The summed E-state index contributed by atoms with van der Waals surface area (Å²) in [5.41, 5.74) is 5.24. The van der Waals surface area contributed by atoms with E-state index >= 15 is 0 Å². The van der Waals surface area contributed by atoms with E-state index < -0.39 is 11.7 Å². The minimum absolute atomic E-state index is 0.0798. The molecule has 0 spiro atoms. The average Bonchev–Trinajstić information content (AvgIpc) is 3.76. The first kappa shape index (κ1) is 45.2. The van der Waals surface area contributed by atoms with Gasteiger partial charge in [-0.2, -0.15) is 0 Å². The van der Waals surface area contributed by atoms with Crippen LogP contribution in [-0.2, 0) is 19.1 Å². The van der Waals surface area contributed by atoms with Gasteiger partial charge in [-0.15, -0.1) is 5.92 Å². The van der Waals surface area contributed by atoms with Gasteiger partial charge in [0.25, 0.3) is 0 Å². The standard InChI is InChI=1S/C55H77NO7/c1-8-23-55(61)25-22-44-41-16-12-35-28-38(57)15-17-40(35)50(41)42(32-53(44,55)4)34-10-13-37(14-11-34)56(6)26-27-63-39-21-24-52(3)36(29-39)30-47(58)51-45-19-18-43(33(2)9-20-49(60)62-7)54(45,5)48(59)31-46(51)52/h10-11,13-14,28,33,36,39,41-48,51,58-59,61H,9,12,15-22,24-27,29-32H2,1-7H3/t33?,36-,39-,41-,42+,43+,44-,45-,46-,47+,48-,51-,52-,53-,54+,55-/m0/s1. The van der Waals surface area contributed by atoms with E-state index in [1.54, 1.807) is 5.57 Å². The van der Waals surface area contributed by atoms with E-state index in [-0.39, 0.29) is 52.0 Å². The number of benzene rings is 1. The second-order valence-electron chi connectivity index (χ2n) is 22.7. The van der Waals surface area contributed by atoms with E-state index in [2.05, 4.69) is 75.7 Å². The van der Waals surface area contributed by atoms with Crippen LogP contribution in [0.15, 0.2) is 47.1 Å². The molecule has 3 N–H and O–H groups in total. The quantitative estimate of drug-likeness (QED) is 0.158. The molecular weight excluding hydrogens is 787 g/mol. The summed E-state index contributed by atoms with van der Waals surface area (Å²) >= 11 is 0. The van der Waals surface area contributed by atoms with Crippen molar-refractivity contribution < 1.29 is 34.4 Å². The van der Waals surface area contributed by atoms with E-state index in [0.29, 0.717) is 60.9 Å². The first-order chi connectivity index (χ1) is 30.1. The number of hydrogen-bond acceptors (Lipinski definition) is 8. The third kappa shape index (κ3) is 7.41. The molecule has 9 rings (SSSR count). The zero-order valence-electron chi connectivity index (χ0n) is 39.5. The Hall–Kier alpha value is -2.96. The predicted octanol–water partition coefficient (Wildman–Crippen LogP) is 9.35. The van der Waals surface area contributed by atoms with Crippen LogP contribution in [0.3, 0.4) is 0 Å². The van der Waals surface area contributed by atoms with Crippen LogP contribution in [0.25, 0.3) is 0 Å². The molecule has 1 aromatic carbocycles. The topological polar surface area (TPSA) is 117 Å². The Bertz CT molecular complexity index is 2050. The fourth-order valence-corrected chi connectivity index (χ4v) is 16.7. The molecule has 0 aliphatic heterocycles. The molecule has 0 amide bonds. The molecule has 8 nitrogen and oxygen atoms in total. The largest absolute Gasteiger partial charge is 0.469 e. The minimum atomic E-state index is -0.982. The molecule has 1 unspecified atom stereocenters. The van der Waals surface area contributed by atoms with Gasteiger partial charge in [-0.05, 0) is 190 Å². The number of esters is 1. The molecule has 0 saturated heterocycles. The number of anilines is 1. The Morgan fingerprint density at radius 2 is 1.73 bits per heavy atom. The highest BCUT2D eigenvalue weighted by atomic mass is 16.5. The van der Waals surface area contributed by atoms with Crippen LogP contribution >= 0.6 is 0 Å². The Kier molecular flexibility index (Phi) is 12.2. The second kappa shape index (κ2) is 17.0. The number of allylic oxidation sites excluding steroid dienone is 4. The maximum Gasteiger partial charge on any atom is 0.305 e. The highest BCUT2D eigenvalue weighted by Crippen LogP contribution is 2.69. The number of ketones is 1. The Morgan fingerprint density at radius 1 is 0.952 bits per heavy atom. The third-order valence-corrected chi connectivity index (χ3v) is 20.3. The summed E-state index contributed by atoms with van der Waals surface area (Å²) in [6, 6.07) is 9.13. The molecule has 8 aliphatic rings. The molecule has 0 aromatic heterocycles. The van der Waals surface area contributed by atoms with Gasteiger partial charge in [-0.1, -0.05) is 51.3 Å². The first-order valence-electron chi connectivity index (χ1n) is 25.0. The lowest BCUT2D eigenvalue weighted by Gasteiger charge is -2.63. The van der Waals surface area contributed by atoms with Crippen LogP contribution in [0.4, 0.5) is 5.69 Å². The molecule has 63 heavy (non-hydrogen) atoms. The highest BCUT2D eigenvalue weighted by Gasteiger charge is 2.66. The van der Waals surface area contributed by atoms with E-state index in [9.17, 15) is 24.9 Å². The normalized spacial score (nSPS) is 43.2. The summed E-state index contributed by atoms with van der Waals surface area (Å²) in [5, 5.41) is 36.1. The van der Waals surface area contributed by atoms with E-state index in [1.165, 1.54) is 23.8 Å². The third-order valence-electron chi connectivity index (χ3n) is 20.3. The number of rotatable bonds is 10. The van der Waals surface area contributed by atoms with Gasteiger partial charge in [0.2, 0.25) is 0 Å². The molecule has 0 heterocycles. The van der Waals surface area contributed by atoms with Gasteiger partial charge >= 0.3 is 5.97 Å². The van der Waals surface area contributed by atoms with E-state index in [4.69, 9.17) is 9.47 Å². The van der Waals surface area contributed by atoms with Gasteiger partial charge in [0.15, 0.2) is 5.78 Å². The minimum Gasteiger partial charge on any atom is -0.469 e. The van der Waals surface area contributed by atoms with Crippen molar-refractivity contribution in [2.24, 2.45) is 63.6 Å². The summed E-state index contributed by atoms with van der Waals surface area (Å²) in [5.74, 6) is 9.29. The van der Waals surface area contributed by atoms with Crippen LogP contribution in [-0.4, -0.2) is 78.3 Å². The predicted molar refractivity (Wildman–Crippen MR) is 247 cm³/mol. The smallest absolute Gasteiger partial charge is 0.305 e. The molecule has 0 bridgehead atoms. The molecule has 344 valence electrons. The lowest BCUT2D eigenvalue weighted by atomic mass is 9.43. The average molecular weight is 864 g/mol. The number of methoxy groups -OCH3 is 1. The summed E-state index contributed by atoms with van der Waals surface area (Å²) in [6.07, 6.45) is 15.3. The fraction of sp³-hybridized carbons (Fsp3) is 0.745. The van der Waals surface area contributed by atoms with Gasteiger partial charge in [-0.3, -0.25) is 9.59 Å². The van der Waals surface area contributed by atoms with Crippen molar-refractivity contribution in [3.63, 3.8) is 0 Å². The number of fused-ring (bicyclic) bond motifs is 9. The van der Waals surface area contributed by atoms with Gasteiger partial charge in [-0.25, -0.2) is 0 Å². The van der Waals surface area contributed by atoms with Crippen molar-refractivity contribution in [2.75, 3.05) is 32.2 Å². The second-order valence-corrected chi connectivity index (χ2v) is 22.7. The molecule has 16 atom stereocenters. The van der Waals surface area contributed by atoms with E-state index in [1.807, 2.05) is 13.0 Å². The molecule has 0 radical (unpaired) electrons. The Balaban J connectivity index is 0.837.